The Morgan fingerprint density at radius 1 is 1.09 bits per heavy atom. The van der Waals surface area contributed by atoms with E-state index in [1.54, 1.807) is 0 Å². The van der Waals surface area contributed by atoms with Crippen LogP contribution in [0.3, 0.4) is 0 Å². The zero-order chi connectivity index (χ0) is 22.8. The highest BCUT2D eigenvalue weighted by Crippen LogP contribution is 2.41. The molecule has 0 amide bonds. The van der Waals surface area contributed by atoms with Crippen molar-refractivity contribution in [1.29, 1.82) is 0 Å². The normalized spacial score (nSPS) is 18.4. The summed E-state index contributed by atoms with van der Waals surface area (Å²) in [7, 11) is 4.22. The summed E-state index contributed by atoms with van der Waals surface area (Å²) < 4.78 is 2.24. The van der Waals surface area contributed by atoms with Crippen LogP contribution in [-0.2, 0) is 0 Å². The minimum absolute atomic E-state index is 0.00276. The van der Waals surface area contributed by atoms with Crippen molar-refractivity contribution in [3.8, 4) is 5.82 Å². The Morgan fingerprint density at radius 2 is 1.91 bits per heavy atom. The first-order chi connectivity index (χ1) is 15.4. The van der Waals surface area contributed by atoms with Crippen LogP contribution in [0.15, 0.2) is 48.8 Å². The first kappa shape index (κ1) is 22.4. The van der Waals surface area contributed by atoms with Gasteiger partial charge in [0, 0.05) is 30.3 Å². The van der Waals surface area contributed by atoms with Crippen molar-refractivity contribution in [2.24, 2.45) is 0 Å². The van der Waals surface area contributed by atoms with E-state index in [2.05, 4.69) is 88.8 Å². The van der Waals surface area contributed by atoms with Gasteiger partial charge in [0.15, 0.2) is 5.11 Å². The standard InChI is InChI=1S/C25H32N6S/c1-17-10-11-22(27-16-17)31-18(2)15-20(19(31)3)24-23(21-9-6-7-12-26-21)28-25(32)30(24)14-8-13-29(4)5/h6-7,9-12,15-16,23-24H,8,13-14H2,1-5H3,(H,28,32)/t23-,24+/m0/s1. The number of nitrogens with zero attached hydrogens (tertiary/aromatic N) is 5. The van der Waals surface area contributed by atoms with Gasteiger partial charge in [-0.2, -0.15) is 0 Å². The van der Waals surface area contributed by atoms with Gasteiger partial charge in [-0.05, 0) is 95.4 Å². The third-order valence-corrected chi connectivity index (χ3v) is 6.47. The van der Waals surface area contributed by atoms with Crippen LogP contribution < -0.4 is 5.32 Å². The third-order valence-electron chi connectivity index (χ3n) is 6.12. The molecule has 6 nitrogen and oxygen atoms in total. The van der Waals surface area contributed by atoms with Crippen LogP contribution in [0.2, 0.25) is 0 Å². The van der Waals surface area contributed by atoms with Crippen LogP contribution >= 0.6 is 12.2 Å². The van der Waals surface area contributed by atoms with Crippen molar-refractivity contribution < 1.29 is 0 Å². The highest BCUT2D eigenvalue weighted by molar-refractivity contribution is 7.80. The second-order valence-corrected chi connectivity index (χ2v) is 9.22. The maximum atomic E-state index is 5.82. The average Bonchev–Trinajstić information content (AvgIpc) is 3.25. The molecule has 0 unspecified atom stereocenters. The molecule has 168 valence electrons. The lowest BCUT2D eigenvalue weighted by atomic mass is 9.96. The quantitative estimate of drug-likeness (QED) is 0.549. The molecule has 0 aromatic carbocycles. The van der Waals surface area contributed by atoms with Crippen molar-refractivity contribution in [2.45, 2.75) is 39.3 Å². The molecule has 7 heteroatoms. The molecule has 1 fully saturated rings. The monoisotopic (exact) mass is 448 g/mol. The fourth-order valence-electron chi connectivity index (χ4n) is 4.57. The minimum atomic E-state index is 0.00276. The van der Waals surface area contributed by atoms with E-state index in [1.165, 1.54) is 17.0 Å². The zero-order valence-electron chi connectivity index (χ0n) is 19.5. The molecule has 0 aliphatic carbocycles. The van der Waals surface area contributed by atoms with E-state index < -0.39 is 0 Å². The number of aryl methyl sites for hydroxylation is 2. The number of hydrogen-bond acceptors (Lipinski definition) is 4. The molecule has 4 rings (SSSR count). The maximum absolute atomic E-state index is 5.82. The SMILES string of the molecule is Cc1ccc(-n2c(C)cc([C@@H]3[C@H](c4ccccn4)NC(=S)N3CCCN(C)C)c2C)nc1. The lowest BCUT2D eigenvalue weighted by molar-refractivity contribution is 0.292. The summed E-state index contributed by atoms with van der Waals surface area (Å²) in [4.78, 5) is 13.9. The largest absolute Gasteiger partial charge is 0.352 e. The fraction of sp³-hybridized carbons (Fsp3) is 0.400. The van der Waals surface area contributed by atoms with E-state index in [4.69, 9.17) is 12.2 Å². The highest BCUT2D eigenvalue weighted by atomic mass is 32.1. The van der Waals surface area contributed by atoms with Gasteiger partial charge in [0.1, 0.15) is 5.82 Å². The summed E-state index contributed by atoms with van der Waals surface area (Å²) >= 11 is 5.82. The van der Waals surface area contributed by atoms with E-state index >= 15 is 0 Å². The van der Waals surface area contributed by atoms with Crippen molar-refractivity contribution in [1.82, 2.24) is 29.7 Å². The Bertz CT molecular complexity index is 1070. The maximum Gasteiger partial charge on any atom is 0.170 e. The lowest BCUT2D eigenvalue weighted by Crippen LogP contribution is -2.32. The molecule has 4 heterocycles. The van der Waals surface area contributed by atoms with Gasteiger partial charge in [0.2, 0.25) is 0 Å². The predicted molar refractivity (Wildman–Crippen MR) is 133 cm³/mol. The Kier molecular flexibility index (Phi) is 6.58. The van der Waals surface area contributed by atoms with Gasteiger partial charge in [-0.3, -0.25) is 4.98 Å². The molecule has 0 bridgehead atoms. The van der Waals surface area contributed by atoms with Crippen molar-refractivity contribution >= 4 is 17.3 Å². The van der Waals surface area contributed by atoms with Crippen molar-refractivity contribution in [2.75, 3.05) is 27.2 Å². The molecule has 1 aliphatic rings. The van der Waals surface area contributed by atoms with Crippen LogP contribution in [0.5, 0.6) is 0 Å². The van der Waals surface area contributed by atoms with E-state index in [1.807, 2.05) is 24.5 Å². The molecule has 0 radical (unpaired) electrons. The van der Waals surface area contributed by atoms with Gasteiger partial charge in [-0.15, -0.1) is 0 Å². The first-order valence-corrected chi connectivity index (χ1v) is 11.5. The summed E-state index contributed by atoms with van der Waals surface area (Å²) in [6.45, 7) is 8.30. The summed E-state index contributed by atoms with van der Waals surface area (Å²) in [5, 5.41) is 4.36. The molecular formula is C25H32N6S. The summed E-state index contributed by atoms with van der Waals surface area (Å²) in [6.07, 6.45) is 4.81. The summed E-state index contributed by atoms with van der Waals surface area (Å²) in [6, 6.07) is 12.6. The molecule has 3 aromatic rings. The van der Waals surface area contributed by atoms with Gasteiger partial charge in [-0.1, -0.05) is 12.1 Å². The van der Waals surface area contributed by atoms with Crippen molar-refractivity contribution in [3.63, 3.8) is 0 Å². The highest BCUT2D eigenvalue weighted by Gasteiger charge is 2.41. The molecule has 32 heavy (non-hydrogen) atoms. The Balaban J connectivity index is 1.76. The van der Waals surface area contributed by atoms with E-state index in [0.29, 0.717) is 0 Å². The fourth-order valence-corrected chi connectivity index (χ4v) is 4.91. The van der Waals surface area contributed by atoms with E-state index in [0.717, 1.165) is 41.7 Å². The average molecular weight is 449 g/mol. The number of thiocarbonyl (C=S) groups is 1. The zero-order valence-corrected chi connectivity index (χ0v) is 20.4. The molecule has 1 saturated heterocycles. The molecular weight excluding hydrogens is 416 g/mol. The predicted octanol–water partition coefficient (Wildman–Crippen LogP) is 4.12. The van der Waals surface area contributed by atoms with Gasteiger partial charge in [-0.25, -0.2) is 4.98 Å². The number of aromatic nitrogens is 3. The molecule has 1 N–H and O–H groups in total. The van der Waals surface area contributed by atoms with Crippen molar-refractivity contribution in [3.05, 3.63) is 77.0 Å². The van der Waals surface area contributed by atoms with E-state index in [9.17, 15) is 0 Å². The Morgan fingerprint density at radius 3 is 2.56 bits per heavy atom. The molecule has 0 spiro atoms. The smallest absolute Gasteiger partial charge is 0.170 e. The van der Waals surface area contributed by atoms with Crippen LogP contribution in [0.4, 0.5) is 0 Å². The van der Waals surface area contributed by atoms with Crippen LogP contribution in [-0.4, -0.2) is 56.6 Å². The molecule has 2 atom stereocenters. The Labute approximate surface area is 196 Å². The first-order valence-electron chi connectivity index (χ1n) is 11.1. The van der Waals surface area contributed by atoms with Gasteiger partial charge in [0.05, 0.1) is 17.8 Å². The van der Waals surface area contributed by atoms with Gasteiger partial charge < -0.3 is 19.7 Å². The minimum Gasteiger partial charge on any atom is -0.352 e. The third kappa shape index (κ3) is 4.40. The molecule has 0 saturated carbocycles. The molecule has 1 aliphatic heterocycles. The second kappa shape index (κ2) is 9.38. The lowest BCUT2D eigenvalue weighted by Gasteiger charge is -2.28. The number of nitrogens with one attached hydrogen (secondary N) is 1. The van der Waals surface area contributed by atoms with Gasteiger partial charge >= 0.3 is 0 Å². The number of rotatable bonds is 7. The topological polar surface area (TPSA) is 49.2 Å². The van der Waals surface area contributed by atoms with Crippen LogP contribution in [0.25, 0.3) is 5.82 Å². The van der Waals surface area contributed by atoms with Crippen LogP contribution in [0, 0.1) is 20.8 Å². The molecule has 3 aromatic heterocycles. The summed E-state index contributed by atoms with van der Waals surface area (Å²) in [5.41, 5.74) is 5.78. The Hall–Kier alpha value is -2.77. The van der Waals surface area contributed by atoms with Gasteiger partial charge in [0.25, 0.3) is 0 Å². The summed E-state index contributed by atoms with van der Waals surface area (Å²) in [5.74, 6) is 0.943. The second-order valence-electron chi connectivity index (χ2n) is 8.83. The number of pyridine rings is 2. The van der Waals surface area contributed by atoms with Crippen LogP contribution in [0.1, 0.15) is 46.7 Å². The number of hydrogen-bond donors (Lipinski definition) is 1. The van der Waals surface area contributed by atoms with E-state index in [-0.39, 0.29) is 12.1 Å².